The Morgan fingerprint density at radius 1 is 1.54 bits per heavy atom. The molecule has 0 saturated carbocycles. The van der Waals surface area contributed by atoms with Crippen molar-refractivity contribution < 1.29 is 9.53 Å². The predicted octanol–water partition coefficient (Wildman–Crippen LogP) is 1.38. The molecule has 0 aliphatic rings. The van der Waals surface area contributed by atoms with Crippen LogP contribution in [0.25, 0.3) is 10.9 Å². The number of rotatable bonds is 2. The van der Waals surface area contributed by atoms with Gasteiger partial charge in [-0.1, -0.05) is 0 Å². The van der Waals surface area contributed by atoms with E-state index in [1.54, 1.807) is 19.4 Å². The molecule has 1 aromatic heterocycles. The topological polar surface area (TPSA) is 55.0 Å². The van der Waals surface area contributed by atoms with E-state index < -0.39 is 0 Å². The van der Waals surface area contributed by atoms with Crippen LogP contribution >= 0.6 is 0 Å². The minimum absolute atomic E-state index is 0.562. The highest BCUT2D eigenvalue weighted by Gasteiger charge is 2.04. The van der Waals surface area contributed by atoms with Gasteiger partial charge in [-0.05, 0) is 12.1 Å². The third kappa shape index (κ3) is 1.16. The number of nitrogens with one attached hydrogen (secondary N) is 1. The maximum atomic E-state index is 10.7. The number of H-pyrrole nitrogens is 1. The molecule has 0 radical (unpaired) electrons. The fourth-order valence-corrected chi connectivity index (χ4v) is 1.27. The van der Waals surface area contributed by atoms with Crippen LogP contribution in [-0.4, -0.2) is 23.6 Å². The molecule has 0 atom stereocenters. The average molecular weight is 176 g/mol. The van der Waals surface area contributed by atoms with Gasteiger partial charge in [-0.3, -0.25) is 9.89 Å². The molecule has 13 heavy (non-hydrogen) atoms. The van der Waals surface area contributed by atoms with Gasteiger partial charge in [-0.2, -0.15) is 5.10 Å². The van der Waals surface area contributed by atoms with Crippen molar-refractivity contribution in [3.8, 4) is 5.75 Å². The van der Waals surface area contributed by atoms with Crippen molar-refractivity contribution in [3.05, 3.63) is 23.9 Å². The number of ether oxygens (including phenoxy) is 1. The van der Waals surface area contributed by atoms with Gasteiger partial charge in [0.2, 0.25) is 0 Å². The van der Waals surface area contributed by atoms with Crippen molar-refractivity contribution in [2.45, 2.75) is 0 Å². The molecule has 0 bridgehead atoms. The number of benzene rings is 1. The Kier molecular flexibility index (Phi) is 1.73. The second kappa shape index (κ2) is 2.90. The van der Waals surface area contributed by atoms with Crippen LogP contribution < -0.4 is 4.74 Å². The van der Waals surface area contributed by atoms with E-state index in [9.17, 15) is 4.79 Å². The summed E-state index contributed by atoms with van der Waals surface area (Å²) in [6.45, 7) is 0. The predicted molar refractivity (Wildman–Crippen MR) is 48.0 cm³/mol. The first kappa shape index (κ1) is 7.79. The number of carbonyl (C=O) groups excluding carboxylic acids is 1. The Bertz CT molecular complexity index is 448. The number of methoxy groups -OCH3 is 1. The van der Waals surface area contributed by atoms with Crippen LogP contribution in [0.2, 0.25) is 0 Å². The number of carbonyl (C=O) groups is 1. The van der Waals surface area contributed by atoms with Gasteiger partial charge in [0.25, 0.3) is 0 Å². The molecule has 66 valence electrons. The summed E-state index contributed by atoms with van der Waals surface area (Å²) in [6.07, 6.45) is 2.44. The third-order valence-electron chi connectivity index (χ3n) is 1.92. The summed E-state index contributed by atoms with van der Waals surface area (Å²) in [6, 6.07) is 3.50. The van der Waals surface area contributed by atoms with Gasteiger partial charge in [-0.25, -0.2) is 0 Å². The molecule has 4 heteroatoms. The molecule has 1 heterocycles. The largest absolute Gasteiger partial charge is 0.497 e. The summed E-state index contributed by atoms with van der Waals surface area (Å²) in [7, 11) is 1.57. The zero-order valence-electron chi connectivity index (χ0n) is 7.07. The second-order valence-corrected chi connectivity index (χ2v) is 2.67. The first-order valence-electron chi connectivity index (χ1n) is 3.81. The van der Waals surface area contributed by atoms with Gasteiger partial charge < -0.3 is 4.74 Å². The number of fused-ring (bicyclic) bond motifs is 1. The lowest BCUT2D eigenvalue weighted by atomic mass is 10.1. The number of hydrogen-bond donors (Lipinski definition) is 1. The Labute approximate surface area is 74.5 Å². The summed E-state index contributed by atoms with van der Waals surface area (Å²) >= 11 is 0. The van der Waals surface area contributed by atoms with Crippen molar-refractivity contribution in [2.24, 2.45) is 0 Å². The number of aldehydes is 1. The van der Waals surface area contributed by atoms with Gasteiger partial charge >= 0.3 is 0 Å². The lowest BCUT2D eigenvalue weighted by Gasteiger charge is -2.00. The van der Waals surface area contributed by atoms with Gasteiger partial charge in [-0.15, -0.1) is 0 Å². The van der Waals surface area contributed by atoms with E-state index in [1.165, 1.54) is 0 Å². The highest BCUT2D eigenvalue weighted by atomic mass is 16.5. The average Bonchev–Trinajstić information content (AvgIpc) is 2.63. The van der Waals surface area contributed by atoms with E-state index in [0.717, 1.165) is 17.2 Å². The molecule has 2 rings (SSSR count). The van der Waals surface area contributed by atoms with Crippen molar-refractivity contribution in [1.82, 2.24) is 10.2 Å². The molecule has 1 aromatic carbocycles. The van der Waals surface area contributed by atoms with Crippen LogP contribution in [0.1, 0.15) is 10.4 Å². The van der Waals surface area contributed by atoms with Crippen molar-refractivity contribution in [3.63, 3.8) is 0 Å². The summed E-state index contributed by atoms with van der Waals surface area (Å²) in [5.74, 6) is 0.663. The Morgan fingerprint density at radius 3 is 3.08 bits per heavy atom. The fourth-order valence-electron chi connectivity index (χ4n) is 1.27. The first-order chi connectivity index (χ1) is 6.35. The quantitative estimate of drug-likeness (QED) is 0.703. The lowest BCUT2D eigenvalue weighted by molar-refractivity contribution is 0.112. The number of aromatic nitrogens is 2. The normalized spacial score (nSPS) is 10.2. The highest BCUT2D eigenvalue weighted by molar-refractivity contribution is 5.96. The van der Waals surface area contributed by atoms with E-state index in [2.05, 4.69) is 10.2 Å². The van der Waals surface area contributed by atoms with Crippen molar-refractivity contribution in [1.29, 1.82) is 0 Å². The lowest BCUT2D eigenvalue weighted by Crippen LogP contribution is -1.87. The maximum Gasteiger partial charge on any atom is 0.152 e. The number of nitrogens with zero attached hydrogens (tertiary/aromatic N) is 1. The molecule has 2 aromatic rings. The molecule has 0 fully saturated rings. The van der Waals surface area contributed by atoms with Gasteiger partial charge in [0.05, 0.1) is 18.8 Å². The third-order valence-corrected chi connectivity index (χ3v) is 1.92. The summed E-state index contributed by atoms with van der Waals surface area (Å²) in [5, 5.41) is 7.48. The van der Waals surface area contributed by atoms with Crippen LogP contribution in [0, 0.1) is 0 Å². The van der Waals surface area contributed by atoms with E-state index in [1.807, 2.05) is 6.07 Å². The monoisotopic (exact) mass is 176 g/mol. The molecule has 0 aliphatic carbocycles. The van der Waals surface area contributed by atoms with E-state index in [0.29, 0.717) is 11.3 Å². The second-order valence-electron chi connectivity index (χ2n) is 2.67. The van der Waals surface area contributed by atoms with Gasteiger partial charge in [0.1, 0.15) is 5.75 Å². The van der Waals surface area contributed by atoms with Crippen LogP contribution in [0.5, 0.6) is 5.75 Å². The van der Waals surface area contributed by atoms with Crippen LogP contribution in [0.3, 0.4) is 0 Å². The fraction of sp³-hybridized carbons (Fsp3) is 0.111. The molecule has 0 spiro atoms. The Morgan fingerprint density at radius 2 is 2.38 bits per heavy atom. The minimum Gasteiger partial charge on any atom is -0.497 e. The molecule has 0 aliphatic heterocycles. The molecule has 4 nitrogen and oxygen atoms in total. The zero-order chi connectivity index (χ0) is 9.26. The van der Waals surface area contributed by atoms with E-state index >= 15 is 0 Å². The number of aromatic amines is 1. The standard InChI is InChI=1S/C9H8N2O2/c1-13-8-2-6-4-10-11-9(6)7(3-8)5-12/h2-5H,1H3,(H,10,11). The van der Waals surface area contributed by atoms with E-state index in [-0.39, 0.29) is 0 Å². The summed E-state index contributed by atoms with van der Waals surface area (Å²) in [4.78, 5) is 10.7. The Balaban J connectivity index is 2.77. The SMILES string of the molecule is COc1cc(C=O)c2[nH]ncc2c1. The van der Waals surface area contributed by atoms with E-state index in [4.69, 9.17) is 4.74 Å². The van der Waals surface area contributed by atoms with Gasteiger partial charge in [0, 0.05) is 10.9 Å². The smallest absolute Gasteiger partial charge is 0.152 e. The molecular formula is C9H8N2O2. The molecule has 0 saturated heterocycles. The van der Waals surface area contributed by atoms with Crippen molar-refractivity contribution in [2.75, 3.05) is 7.11 Å². The molecular weight excluding hydrogens is 168 g/mol. The van der Waals surface area contributed by atoms with Crippen LogP contribution in [-0.2, 0) is 0 Å². The molecule has 1 N–H and O–H groups in total. The number of hydrogen-bond acceptors (Lipinski definition) is 3. The zero-order valence-corrected chi connectivity index (χ0v) is 7.07. The summed E-state index contributed by atoms with van der Waals surface area (Å²) in [5.41, 5.74) is 1.31. The van der Waals surface area contributed by atoms with Crippen LogP contribution in [0.4, 0.5) is 0 Å². The minimum atomic E-state index is 0.562. The summed E-state index contributed by atoms with van der Waals surface area (Å²) < 4.78 is 5.03. The Hall–Kier alpha value is -1.84. The van der Waals surface area contributed by atoms with Crippen LogP contribution in [0.15, 0.2) is 18.3 Å². The van der Waals surface area contributed by atoms with Gasteiger partial charge in [0.15, 0.2) is 6.29 Å². The molecule has 0 unspecified atom stereocenters. The van der Waals surface area contributed by atoms with Crippen molar-refractivity contribution >= 4 is 17.2 Å². The highest BCUT2D eigenvalue weighted by Crippen LogP contribution is 2.21. The maximum absolute atomic E-state index is 10.7. The first-order valence-corrected chi connectivity index (χ1v) is 3.81. The molecule has 0 amide bonds.